The van der Waals surface area contributed by atoms with Crippen molar-refractivity contribution in [1.82, 2.24) is 15.1 Å². The highest BCUT2D eigenvalue weighted by molar-refractivity contribution is 5.79. The predicted octanol–water partition coefficient (Wildman–Crippen LogP) is 2.42. The van der Waals surface area contributed by atoms with E-state index in [2.05, 4.69) is 53.4 Å². The van der Waals surface area contributed by atoms with Crippen molar-refractivity contribution in [2.24, 2.45) is 5.92 Å². The highest BCUT2D eigenvalue weighted by Crippen LogP contribution is 2.20. The number of amides is 1. The summed E-state index contributed by atoms with van der Waals surface area (Å²) in [5.41, 5.74) is 2.70. The molecule has 1 N–H and O–H groups in total. The van der Waals surface area contributed by atoms with E-state index in [9.17, 15) is 4.79 Å². The SMILES string of the molecule is Cc1cccc(CN2CCC(C(=O)NC3CCN(C)CC3)CC2)c1. The molecule has 2 aliphatic rings. The molecule has 0 aliphatic carbocycles. The second-order valence-electron chi connectivity index (χ2n) is 7.63. The lowest BCUT2D eigenvalue weighted by molar-refractivity contribution is -0.127. The van der Waals surface area contributed by atoms with E-state index in [0.29, 0.717) is 11.9 Å². The molecule has 0 saturated carbocycles. The fourth-order valence-electron chi connectivity index (χ4n) is 3.89. The van der Waals surface area contributed by atoms with Crippen LogP contribution in [0.25, 0.3) is 0 Å². The Hall–Kier alpha value is -1.39. The van der Waals surface area contributed by atoms with Gasteiger partial charge in [-0.3, -0.25) is 9.69 Å². The molecule has 0 unspecified atom stereocenters. The van der Waals surface area contributed by atoms with Gasteiger partial charge >= 0.3 is 0 Å². The number of carbonyl (C=O) groups is 1. The fraction of sp³-hybridized carbons (Fsp3) is 0.650. The van der Waals surface area contributed by atoms with Crippen molar-refractivity contribution >= 4 is 5.91 Å². The molecule has 0 atom stereocenters. The lowest BCUT2D eigenvalue weighted by atomic mass is 9.94. The molecule has 2 aliphatic heterocycles. The van der Waals surface area contributed by atoms with Crippen molar-refractivity contribution < 1.29 is 4.79 Å². The van der Waals surface area contributed by atoms with Crippen molar-refractivity contribution in [1.29, 1.82) is 0 Å². The average Bonchev–Trinajstić information content (AvgIpc) is 2.57. The maximum absolute atomic E-state index is 12.5. The van der Waals surface area contributed by atoms with Gasteiger partial charge in [0, 0.05) is 18.5 Å². The van der Waals surface area contributed by atoms with Gasteiger partial charge in [-0.2, -0.15) is 0 Å². The molecule has 132 valence electrons. The van der Waals surface area contributed by atoms with Crippen LogP contribution in [0.3, 0.4) is 0 Å². The first-order valence-corrected chi connectivity index (χ1v) is 9.37. The van der Waals surface area contributed by atoms with Gasteiger partial charge in [0.15, 0.2) is 0 Å². The zero-order chi connectivity index (χ0) is 16.9. The highest BCUT2D eigenvalue weighted by atomic mass is 16.1. The number of carbonyl (C=O) groups excluding carboxylic acids is 1. The smallest absolute Gasteiger partial charge is 0.223 e. The minimum Gasteiger partial charge on any atom is -0.353 e. The van der Waals surface area contributed by atoms with Crippen molar-refractivity contribution in [3.8, 4) is 0 Å². The Morgan fingerprint density at radius 1 is 1.12 bits per heavy atom. The number of rotatable bonds is 4. The standard InChI is InChI=1S/C20H31N3O/c1-16-4-3-5-17(14-16)15-23-12-6-18(7-13-23)20(24)21-19-8-10-22(2)11-9-19/h3-5,14,18-19H,6-13,15H2,1-2H3,(H,21,24). The molecule has 2 fully saturated rings. The van der Waals surface area contributed by atoms with Crippen LogP contribution in [0.1, 0.15) is 36.8 Å². The van der Waals surface area contributed by atoms with Gasteiger partial charge in [-0.15, -0.1) is 0 Å². The Bertz CT molecular complexity index is 544. The van der Waals surface area contributed by atoms with Gasteiger partial charge in [-0.05, 0) is 71.4 Å². The summed E-state index contributed by atoms with van der Waals surface area (Å²) in [7, 11) is 2.15. The second-order valence-corrected chi connectivity index (χ2v) is 7.63. The minimum atomic E-state index is 0.207. The molecule has 0 spiro atoms. The van der Waals surface area contributed by atoms with Gasteiger partial charge in [0.05, 0.1) is 0 Å². The van der Waals surface area contributed by atoms with Gasteiger partial charge < -0.3 is 10.2 Å². The maximum atomic E-state index is 12.5. The van der Waals surface area contributed by atoms with Gasteiger partial charge in [-0.25, -0.2) is 0 Å². The normalized spacial score (nSPS) is 21.8. The van der Waals surface area contributed by atoms with Crippen LogP contribution in [0.15, 0.2) is 24.3 Å². The van der Waals surface area contributed by atoms with Gasteiger partial charge in [0.25, 0.3) is 0 Å². The number of piperidine rings is 2. The van der Waals surface area contributed by atoms with Crippen molar-refractivity contribution in [3.05, 3.63) is 35.4 Å². The minimum absolute atomic E-state index is 0.207. The van der Waals surface area contributed by atoms with Crippen LogP contribution in [-0.4, -0.2) is 55.0 Å². The molecule has 2 saturated heterocycles. The third-order valence-corrected chi connectivity index (χ3v) is 5.51. The Kier molecular flexibility index (Phi) is 5.90. The molecule has 1 aromatic rings. The van der Waals surface area contributed by atoms with E-state index in [4.69, 9.17) is 0 Å². The molecule has 3 rings (SSSR count). The van der Waals surface area contributed by atoms with E-state index in [-0.39, 0.29) is 5.92 Å². The van der Waals surface area contributed by atoms with E-state index < -0.39 is 0 Å². The molecule has 4 nitrogen and oxygen atoms in total. The number of nitrogens with zero attached hydrogens (tertiary/aromatic N) is 2. The summed E-state index contributed by atoms with van der Waals surface area (Å²) in [4.78, 5) is 17.3. The van der Waals surface area contributed by atoms with E-state index in [1.165, 1.54) is 11.1 Å². The molecular weight excluding hydrogens is 298 g/mol. The summed E-state index contributed by atoms with van der Waals surface area (Å²) >= 11 is 0. The summed E-state index contributed by atoms with van der Waals surface area (Å²) < 4.78 is 0. The third-order valence-electron chi connectivity index (χ3n) is 5.51. The Morgan fingerprint density at radius 3 is 2.50 bits per heavy atom. The largest absolute Gasteiger partial charge is 0.353 e. The summed E-state index contributed by atoms with van der Waals surface area (Å²) in [5, 5.41) is 3.30. The van der Waals surface area contributed by atoms with Crippen LogP contribution < -0.4 is 5.32 Å². The molecule has 0 bridgehead atoms. The molecule has 2 heterocycles. The first-order valence-electron chi connectivity index (χ1n) is 9.37. The fourth-order valence-corrected chi connectivity index (χ4v) is 3.89. The Morgan fingerprint density at radius 2 is 1.83 bits per heavy atom. The number of aryl methyl sites for hydroxylation is 1. The summed E-state index contributed by atoms with van der Waals surface area (Å²) in [6.07, 6.45) is 4.16. The van der Waals surface area contributed by atoms with E-state index in [1.807, 2.05) is 0 Å². The first kappa shape index (κ1) is 17.4. The quantitative estimate of drug-likeness (QED) is 0.921. The van der Waals surface area contributed by atoms with Crippen LogP contribution in [0.4, 0.5) is 0 Å². The van der Waals surface area contributed by atoms with Crippen LogP contribution in [-0.2, 0) is 11.3 Å². The molecule has 1 amide bonds. The summed E-state index contributed by atoms with van der Waals surface area (Å²) in [6, 6.07) is 9.12. The van der Waals surface area contributed by atoms with E-state index in [1.54, 1.807) is 0 Å². The average molecular weight is 329 g/mol. The van der Waals surface area contributed by atoms with Crippen molar-refractivity contribution in [3.63, 3.8) is 0 Å². The highest BCUT2D eigenvalue weighted by Gasteiger charge is 2.27. The number of hydrogen-bond acceptors (Lipinski definition) is 3. The maximum Gasteiger partial charge on any atom is 0.223 e. The van der Waals surface area contributed by atoms with Gasteiger partial charge in [-0.1, -0.05) is 29.8 Å². The van der Waals surface area contributed by atoms with Gasteiger partial charge in [0.2, 0.25) is 5.91 Å². The first-order chi connectivity index (χ1) is 11.6. The zero-order valence-corrected chi connectivity index (χ0v) is 15.1. The number of hydrogen-bond donors (Lipinski definition) is 1. The van der Waals surface area contributed by atoms with Crippen LogP contribution in [0.2, 0.25) is 0 Å². The third kappa shape index (κ3) is 4.81. The van der Waals surface area contributed by atoms with Crippen LogP contribution in [0.5, 0.6) is 0 Å². The Labute approximate surface area is 146 Å². The summed E-state index contributed by atoms with van der Waals surface area (Å²) in [5.74, 6) is 0.498. The van der Waals surface area contributed by atoms with Gasteiger partial charge in [0.1, 0.15) is 0 Å². The molecule has 0 aromatic heterocycles. The van der Waals surface area contributed by atoms with Crippen molar-refractivity contribution in [2.45, 2.75) is 45.2 Å². The molecule has 0 radical (unpaired) electrons. The monoisotopic (exact) mass is 329 g/mol. The van der Waals surface area contributed by atoms with Crippen molar-refractivity contribution in [2.75, 3.05) is 33.2 Å². The van der Waals surface area contributed by atoms with Crippen LogP contribution >= 0.6 is 0 Å². The lowest BCUT2D eigenvalue weighted by Gasteiger charge is -2.34. The number of likely N-dealkylation sites (tertiary alicyclic amines) is 2. The van der Waals surface area contributed by atoms with E-state index in [0.717, 1.165) is 58.4 Å². The topological polar surface area (TPSA) is 35.6 Å². The molecular formula is C20H31N3O. The second kappa shape index (κ2) is 8.13. The number of benzene rings is 1. The summed E-state index contributed by atoms with van der Waals surface area (Å²) in [6.45, 7) is 7.40. The predicted molar refractivity (Wildman–Crippen MR) is 97.8 cm³/mol. The molecule has 1 aromatic carbocycles. The lowest BCUT2D eigenvalue weighted by Crippen LogP contribution is -2.47. The van der Waals surface area contributed by atoms with Crippen LogP contribution in [0, 0.1) is 12.8 Å². The number of nitrogens with one attached hydrogen (secondary N) is 1. The van der Waals surface area contributed by atoms with E-state index >= 15 is 0 Å². The molecule has 4 heteroatoms. The Balaban J connectivity index is 1.42. The zero-order valence-electron chi connectivity index (χ0n) is 15.1. The molecule has 24 heavy (non-hydrogen) atoms.